The summed E-state index contributed by atoms with van der Waals surface area (Å²) in [7, 11) is 0. The van der Waals surface area contributed by atoms with Crippen LogP contribution in [0.1, 0.15) is 11.1 Å². The lowest BCUT2D eigenvalue weighted by Crippen LogP contribution is -1.87. The Balaban J connectivity index is 1.97. The number of benzene rings is 1. The zero-order valence-electron chi connectivity index (χ0n) is 9.18. The zero-order chi connectivity index (χ0) is 11.4. The fourth-order valence-corrected chi connectivity index (χ4v) is 2.12. The summed E-state index contributed by atoms with van der Waals surface area (Å²) in [5.74, 6) is 0.942. The first-order valence-electron chi connectivity index (χ1n) is 5.14. The van der Waals surface area contributed by atoms with Crippen molar-refractivity contribution >= 4 is 17.4 Å². The van der Waals surface area contributed by atoms with Gasteiger partial charge >= 0.3 is 0 Å². The second kappa shape index (κ2) is 5.03. The predicted octanol–water partition coefficient (Wildman–Crippen LogP) is 3.26. The van der Waals surface area contributed by atoms with Crippen molar-refractivity contribution < 1.29 is 0 Å². The number of nitrogens with zero attached hydrogens (tertiary/aromatic N) is 1. The first-order chi connectivity index (χ1) is 7.74. The Bertz CT molecular complexity index is 403. The molecule has 2 aromatic rings. The highest BCUT2D eigenvalue weighted by Crippen LogP contribution is 2.21. The molecule has 1 aromatic heterocycles. The van der Waals surface area contributed by atoms with Crippen LogP contribution in [0.25, 0.3) is 0 Å². The quantitative estimate of drug-likeness (QED) is 0.822. The number of nitrogens with two attached hydrogens (primary N) is 1. The van der Waals surface area contributed by atoms with E-state index >= 15 is 0 Å². The number of thioether (sulfide) groups is 1. The lowest BCUT2D eigenvalue weighted by Gasteiger charge is -2.02. The van der Waals surface area contributed by atoms with Gasteiger partial charge in [-0.15, -0.1) is 11.8 Å². The fraction of sp³-hybridized carbons (Fsp3) is 0.154. The van der Waals surface area contributed by atoms with Crippen molar-refractivity contribution in [3.63, 3.8) is 0 Å². The van der Waals surface area contributed by atoms with Crippen molar-refractivity contribution in [2.45, 2.75) is 17.7 Å². The molecule has 0 spiro atoms. The number of aromatic nitrogens is 1. The molecule has 16 heavy (non-hydrogen) atoms. The van der Waals surface area contributed by atoms with Gasteiger partial charge in [-0.1, -0.05) is 29.8 Å². The van der Waals surface area contributed by atoms with Crippen molar-refractivity contribution in [1.82, 2.24) is 4.98 Å². The Morgan fingerprint density at radius 1 is 1.12 bits per heavy atom. The summed E-state index contributed by atoms with van der Waals surface area (Å²) in [4.78, 5) is 4.25. The van der Waals surface area contributed by atoms with Crippen LogP contribution in [-0.4, -0.2) is 4.98 Å². The maximum atomic E-state index is 5.58. The van der Waals surface area contributed by atoms with Gasteiger partial charge in [0.05, 0.1) is 16.9 Å². The second-order valence-electron chi connectivity index (χ2n) is 3.70. The summed E-state index contributed by atoms with van der Waals surface area (Å²) in [5, 5.41) is 1.01. The number of rotatable bonds is 3. The van der Waals surface area contributed by atoms with Crippen LogP contribution in [-0.2, 0) is 5.75 Å². The number of nitrogen functional groups attached to an aromatic ring is 1. The van der Waals surface area contributed by atoms with Crippen LogP contribution >= 0.6 is 11.8 Å². The second-order valence-corrected chi connectivity index (χ2v) is 4.70. The maximum absolute atomic E-state index is 5.58. The van der Waals surface area contributed by atoms with Crippen LogP contribution in [0.4, 0.5) is 5.69 Å². The summed E-state index contributed by atoms with van der Waals surface area (Å²) in [6, 6.07) is 12.4. The van der Waals surface area contributed by atoms with E-state index in [1.807, 2.05) is 12.1 Å². The van der Waals surface area contributed by atoms with Crippen molar-refractivity contribution in [1.29, 1.82) is 0 Å². The van der Waals surface area contributed by atoms with E-state index in [0.717, 1.165) is 10.8 Å². The van der Waals surface area contributed by atoms with Crippen LogP contribution < -0.4 is 5.73 Å². The van der Waals surface area contributed by atoms with Gasteiger partial charge in [0.1, 0.15) is 0 Å². The topological polar surface area (TPSA) is 38.9 Å². The normalized spacial score (nSPS) is 10.3. The van der Waals surface area contributed by atoms with E-state index in [4.69, 9.17) is 5.73 Å². The highest BCUT2D eigenvalue weighted by molar-refractivity contribution is 7.98. The highest BCUT2D eigenvalue weighted by Gasteiger charge is 1.97. The Morgan fingerprint density at radius 3 is 2.50 bits per heavy atom. The lowest BCUT2D eigenvalue weighted by molar-refractivity contribution is 1.13. The van der Waals surface area contributed by atoms with Gasteiger partial charge < -0.3 is 5.73 Å². The van der Waals surface area contributed by atoms with Gasteiger partial charge in [-0.3, -0.25) is 0 Å². The first-order valence-corrected chi connectivity index (χ1v) is 6.12. The third kappa shape index (κ3) is 3.00. The van der Waals surface area contributed by atoms with Gasteiger partial charge in [0.15, 0.2) is 0 Å². The van der Waals surface area contributed by atoms with E-state index in [9.17, 15) is 0 Å². The average molecular weight is 230 g/mol. The molecular formula is C13H14N2S. The van der Waals surface area contributed by atoms with E-state index in [1.54, 1.807) is 18.0 Å². The van der Waals surface area contributed by atoms with E-state index in [1.165, 1.54) is 11.1 Å². The molecule has 0 aliphatic rings. The molecule has 0 amide bonds. The number of pyridine rings is 1. The Kier molecular flexibility index (Phi) is 3.47. The summed E-state index contributed by atoms with van der Waals surface area (Å²) >= 11 is 1.72. The van der Waals surface area contributed by atoms with Crippen molar-refractivity contribution in [3.05, 3.63) is 53.7 Å². The Labute approximate surface area is 99.9 Å². The molecule has 0 aliphatic carbocycles. The van der Waals surface area contributed by atoms with E-state index < -0.39 is 0 Å². The predicted molar refractivity (Wildman–Crippen MR) is 69.4 cm³/mol. The molecule has 2 nitrogen and oxygen atoms in total. The van der Waals surface area contributed by atoms with Crippen LogP contribution in [0.3, 0.4) is 0 Å². The van der Waals surface area contributed by atoms with Crippen LogP contribution in [0.2, 0.25) is 0 Å². The van der Waals surface area contributed by atoms with Crippen LogP contribution in [0.5, 0.6) is 0 Å². The first kappa shape index (κ1) is 11.0. The molecule has 0 bridgehead atoms. The van der Waals surface area contributed by atoms with Gasteiger partial charge in [-0.05, 0) is 24.6 Å². The number of anilines is 1. The van der Waals surface area contributed by atoms with E-state index in [0.29, 0.717) is 5.69 Å². The number of hydrogen-bond acceptors (Lipinski definition) is 3. The largest absolute Gasteiger partial charge is 0.397 e. The van der Waals surface area contributed by atoms with Gasteiger partial charge in [-0.2, -0.15) is 0 Å². The van der Waals surface area contributed by atoms with Crippen LogP contribution in [0, 0.1) is 6.92 Å². The minimum atomic E-state index is 0.708. The highest BCUT2D eigenvalue weighted by atomic mass is 32.2. The van der Waals surface area contributed by atoms with E-state index in [-0.39, 0.29) is 0 Å². The molecule has 0 unspecified atom stereocenters. The molecule has 0 fully saturated rings. The van der Waals surface area contributed by atoms with Crippen molar-refractivity contribution in [2.75, 3.05) is 5.73 Å². The molecular weight excluding hydrogens is 216 g/mol. The number of hydrogen-bond donors (Lipinski definition) is 1. The molecule has 1 aromatic carbocycles. The Hall–Kier alpha value is -1.48. The molecule has 3 heteroatoms. The SMILES string of the molecule is Cc1ccc(CSc2ccc(N)cn2)cc1. The maximum Gasteiger partial charge on any atom is 0.0964 e. The van der Waals surface area contributed by atoms with Gasteiger partial charge in [0.25, 0.3) is 0 Å². The minimum Gasteiger partial charge on any atom is -0.397 e. The van der Waals surface area contributed by atoms with Gasteiger partial charge in [0, 0.05) is 5.75 Å². The zero-order valence-corrected chi connectivity index (χ0v) is 10.00. The average Bonchev–Trinajstić information content (AvgIpc) is 2.30. The smallest absolute Gasteiger partial charge is 0.0964 e. The lowest BCUT2D eigenvalue weighted by atomic mass is 10.2. The summed E-state index contributed by atoms with van der Waals surface area (Å²) < 4.78 is 0. The molecule has 2 N–H and O–H groups in total. The minimum absolute atomic E-state index is 0.708. The Morgan fingerprint density at radius 2 is 1.88 bits per heavy atom. The van der Waals surface area contributed by atoms with Crippen molar-refractivity contribution in [2.24, 2.45) is 0 Å². The molecule has 0 saturated heterocycles. The number of aryl methyl sites for hydroxylation is 1. The summed E-state index contributed by atoms with van der Waals surface area (Å²) in [5.41, 5.74) is 8.89. The molecule has 82 valence electrons. The fourth-order valence-electron chi connectivity index (χ4n) is 1.32. The van der Waals surface area contributed by atoms with Gasteiger partial charge in [-0.25, -0.2) is 4.98 Å². The summed E-state index contributed by atoms with van der Waals surface area (Å²) in [6.45, 7) is 2.10. The molecule has 1 heterocycles. The molecule has 0 saturated carbocycles. The monoisotopic (exact) mass is 230 g/mol. The van der Waals surface area contributed by atoms with E-state index in [2.05, 4.69) is 36.2 Å². The summed E-state index contributed by atoms with van der Waals surface area (Å²) in [6.07, 6.45) is 1.69. The standard InChI is InChI=1S/C13H14N2S/c1-10-2-4-11(5-3-10)9-16-13-7-6-12(14)8-15-13/h2-8H,9,14H2,1H3. The van der Waals surface area contributed by atoms with Crippen molar-refractivity contribution in [3.8, 4) is 0 Å². The molecule has 0 radical (unpaired) electrons. The van der Waals surface area contributed by atoms with Gasteiger partial charge in [0.2, 0.25) is 0 Å². The van der Waals surface area contributed by atoms with Crippen LogP contribution in [0.15, 0.2) is 47.6 Å². The third-order valence-electron chi connectivity index (χ3n) is 2.27. The molecule has 0 atom stereocenters. The molecule has 0 aliphatic heterocycles. The third-order valence-corrected chi connectivity index (χ3v) is 3.28. The molecule has 2 rings (SSSR count).